The molecule has 4 rings (SSSR count). The number of pyridine rings is 1. The second kappa shape index (κ2) is 8.59. The second-order valence-electron chi connectivity index (χ2n) is 6.92. The lowest BCUT2D eigenvalue weighted by Crippen LogP contribution is -2.25. The maximum atomic E-state index is 12.7. The van der Waals surface area contributed by atoms with E-state index in [-0.39, 0.29) is 6.61 Å². The molecule has 0 N–H and O–H groups in total. The van der Waals surface area contributed by atoms with E-state index in [0.717, 1.165) is 34.4 Å². The third-order valence-corrected chi connectivity index (χ3v) is 4.74. The van der Waals surface area contributed by atoms with E-state index in [2.05, 4.69) is 9.97 Å². The SMILES string of the molecule is CN(CCOc1ccc(C(F)(F)F)cc1)c1nc(-c2cccnc2)nc2ccccc12. The Balaban J connectivity index is 1.51. The Hall–Kier alpha value is -3.68. The van der Waals surface area contributed by atoms with Gasteiger partial charge in [-0.1, -0.05) is 12.1 Å². The fourth-order valence-electron chi connectivity index (χ4n) is 3.12. The fraction of sp³-hybridized carbons (Fsp3) is 0.174. The van der Waals surface area contributed by atoms with Crippen LogP contribution in [0.3, 0.4) is 0 Å². The van der Waals surface area contributed by atoms with Gasteiger partial charge in [0.05, 0.1) is 17.6 Å². The van der Waals surface area contributed by atoms with Gasteiger partial charge < -0.3 is 9.64 Å². The summed E-state index contributed by atoms with van der Waals surface area (Å²) in [5, 5.41) is 0.896. The van der Waals surface area contributed by atoms with Crippen molar-refractivity contribution in [2.24, 2.45) is 0 Å². The van der Waals surface area contributed by atoms with Crippen molar-refractivity contribution in [3.05, 3.63) is 78.6 Å². The van der Waals surface area contributed by atoms with Crippen molar-refractivity contribution >= 4 is 16.7 Å². The van der Waals surface area contributed by atoms with E-state index in [1.54, 1.807) is 12.4 Å². The molecule has 0 aliphatic rings. The standard InChI is InChI=1S/C23H19F3N4O/c1-30(13-14-31-18-10-8-17(9-11-18)23(24,25)26)22-19-6-2-3-7-20(19)28-21(29-22)16-5-4-12-27-15-16/h2-12,15H,13-14H2,1H3. The average molecular weight is 424 g/mol. The van der Waals surface area contributed by atoms with Crippen LogP contribution in [0.15, 0.2) is 73.1 Å². The van der Waals surface area contributed by atoms with Gasteiger partial charge in [0.1, 0.15) is 18.2 Å². The molecule has 5 nitrogen and oxygen atoms in total. The zero-order valence-electron chi connectivity index (χ0n) is 16.7. The summed E-state index contributed by atoms with van der Waals surface area (Å²) in [6, 6.07) is 16.1. The zero-order chi connectivity index (χ0) is 21.8. The van der Waals surface area contributed by atoms with Crippen molar-refractivity contribution < 1.29 is 17.9 Å². The number of rotatable bonds is 6. The maximum absolute atomic E-state index is 12.7. The van der Waals surface area contributed by atoms with Gasteiger partial charge >= 0.3 is 6.18 Å². The van der Waals surface area contributed by atoms with E-state index >= 15 is 0 Å². The number of hydrogen-bond donors (Lipinski definition) is 0. The highest BCUT2D eigenvalue weighted by atomic mass is 19.4. The van der Waals surface area contributed by atoms with Crippen LogP contribution >= 0.6 is 0 Å². The molecular formula is C23H19F3N4O. The van der Waals surface area contributed by atoms with Crippen molar-refractivity contribution in [2.75, 3.05) is 25.1 Å². The van der Waals surface area contributed by atoms with E-state index in [1.165, 1.54) is 12.1 Å². The van der Waals surface area contributed by atoms with Gasteiger partial charge in [-0.25, -0.2) is 9.97 Å². The van der Waals surface area contributed by atoms with Gasteiger partial charge in [-0.2, -0.15) is 13.2 Å². The first-order valence-electron chi connectivity index (χ1n) is 9.60. The van der Waals surface area contributed by atoms with Gasteiger partial charge in [0.25, 0.3) is 0 Å². The molecule has 2 aromatic carbocycles. The predicted octanol–water partition coefficient (Wildman–Crippen LogP) is 5.23. The van der Waals surface area contributed by atoms with Gasteiger partial charge in [0.15, 0.2) is 5.82 Å². The minimum atomic E-state index is -4.36. The Morgan fingerprint density at radius 2 is 1.71 bits per heavy atom. The van der Waals surface area contributed by atoms with Crippen LogP contribution < -0.4 is 9.64 Å². The van der Waals surface area contributed by atoms with Crippen LogP contribution in [0.4, 0.5) is 19.0 Å². The van der Waals surface area contributed by atoms with E-state index in [1.807, 2.05) is 48.3 Å². The number of hydrogen-bond acceptors (Lipinski definition) is 5. The van der Waals surface area contributed by atoms with Gasteiger partial charge in [-0.3, -0.25) is 4.98 Å². The van der Waals surface area contributed by atoms with Crippen molar-refractivity contribution in [1.29, 1.82) is 0 Å². The van der Waals surface area contributed by atoms with Crippen LogP contribution in [0.1, 0.15) is 5.56 Å². The predicted molar refractivity (Wildman–Crippen MR) is 113 cm³/mol. The lowest BCUT2D eigenvalue weighted by atomic mass is 10.2. The molecule has 0 saturated carbocycles. The molecule has 0 saturated heterocycles. The molecule has 0 atom stereocenters. The lowest BCUT2D eigenvalue weighted by Gasteiger charge is -2.21. The highest BCUT2D eigenvalue weighted by Gasteiger charge is 2.30. The lowest BCUT2D eigenvalue weighted by molar-refractivity contribution is -0.137. The van der Waals surface area contributed by atoms with Crippen LogP contribution in [0.25, 0.3) is 22.3 Å². The first-order chi connectivity index (χ1) is 14.9. The summed E-state index contributed by atoms with van der Waals surface area (Å²) in [6.07, 6.45) is -0.962. The van der Waals surface area contributed by atoms with Crippen LogP contribution in [-0.4, -0.2) is 35.2 Å². The first-order valence-corrected chi connectivity index (χ1v) is 9.60. The molecule has 2 aromatic heterocycles. The van der Waals surface area contributed by atoms with Crippen molar-refractivity contribution in [3.63, 3.8) is 0 Å². The Labute approximate surface area is 177 Å². The molecule has 0 radical (unpaired) electrons. The molecule has 31 heavy (non-hydrogen) atoms. The highest BCUT2D eigenvalue weighted by Crippen LogP contribution is 2.30. The molecular weight excluding hydrogens is 405 g/mol. The number of aromatic nitrogens is 3. The van der Waals surface area contributed by atoms with Crippen molar-refractivity contribution in [2.45, 2.75) is 6.18 Å². The number of anilines is 1. The van der Waals surface area contributed by atoms with Crippen molar-refractivity contribution in [1.82, 2.24) is 15.0 Å². The topological polar surface area (TPSA) is 51.1 Å². The molecule has 4 aromatic rings. The molecule has 0 aliphatic carbocycles. The maximum Gasteiger partial charge on any atom is 0.416 e. The molecule has 2 heterocycles. The number of ether oxygens (including phenoxy) is 1. The van der Waals surface area contributed by atoms with Gasteiger partial charge in [0.2, 0.25) is 0 Å². The van der Waals surface area contributed by atoms with E-state index in [9.17, 15) is 13.2 Å². The molecule has 0 bridgehead atoms. The Bertz CT molecular complexity index is 1170. The fourth-order valence-corrected chi connectivity index (χ4v) is 3.12. The minimum absolute atomic E-state index is 0.280. The van der Waals surface area contributed by atoms with Crippen LogP contribution in [0, 0.1) is 0 Å². The van der Waals surface area contributed by atoms with Gasteiger partial charge in [-0.15, -0.1) is 0 Å². The van der Waals surface area contributed by atoms with Crippen molar-refractivity contribution in [3.8, 4) is 17.1 Å². The quantitative estimate of drug-likeness (QED) is 0.425. The Morgan fingerprint density at radius 3 is 2.42 bits per heavy atom. The summed E-state index contributed by atoms with van der Waals surface area (Å²) in [5.74, 6) is 1.68. The number of para-hydroxylation sites is 1. The number of fused-ring (bicyclic) bond motifs is 1. The van der Waals surface area contributed by atoms with Crippen LogP contribution in [0.2, 0.25) is 0 Å². The Kier molecular flexibility index (Phi) is 5.70. The van der Waals surface area contributed by atoms with Crippen LogP contribution in [0.5, 0.6) is 5.75 Å². The molecule has 8 heteroatoms. The third-order valence-electron chi connectivity index (χ3n) is 4.74. The Morgan fingerprint density at radius 1 is 0.935 bits per heavy atom. The average Bonchev–Trinajstić information content (AvgIpc) is 2.78. The summed E-state index contributed by atoms with van der Waals surface area (Å²) in [7, 11) is 1.89. The normalized spacial score (nSPS) is 11.5. The van der Waals surface area contributed by atoms with Gasteiger partial charge in [0, 0.05) is 30.4 Å². The summed E-state index contributed by atoms with van der Waals surface area (Å²) in [4.78, 5) is 15.4. The number of nitrogens with zero attached hydrogens (tertiary/aromatic N) is 4. The largest absolute Gasteiger partial charge is 0.492 e. The summed E-state index contributed by atoms with van der Waals surface area (Å²) in [6.45, 7) is 0.761. The molecule has 0 amide bonds. The monoisotopic (exact) mass is 424 g/mol. The minimum Gasteiger partial charge on any atom is -0.492 e. The highest BCUT2D eigenvalue weighted by molar-refractivity contribution is 5.90. The summed E-state index contributed by atoms with van der Waals surface area (Å²) < 4.78 is 43.7. The number of alkyl halides is 3. The van der Waals surface area contributed by atoms with Crippen LogP contribution in [-0.2, 0) is 6.18 Å². The number of likely N-dealkylation sites (N-methyl/N-ethyl adjacent to an activating group) is 1. The summed E-state index contributed by atoms with van der Waals surface area (Å²) in [5.41, 5.74) is 0.915. The third kappa shape index (κ3) is 4.74. The zero-order valence-corrected chi connectivity index (χ0v) is 16.7. The second-order valence-corrected chi connectivity index (χ2v) is 6.92. The molecule has 0 fully saturated rings. The van der Waals surface area contributed by atoms with E-state index in [0.29, 0.717) is 18.1 Å². The summed E-state index contributed by atoms with van der Waals surface area (Å²) >= 11 is 0. The molecule has 0 unspecified atom stereocenters. The first kappa shape index (κ1) is 20.6. The molecule has 0 spiro atoms. The molecule has 0 aliphatic heterocycles. The smallest absolute Gasteiger partial charge is 0.416 e. The molecule has 158 valence electrons. The van der Waals surface area contributed by atoms with Gasteiger partial charge in [-0.05, 0) is 48.5 Å². The van der Waals surface area contributed by atoms with E-state index in [4.69, 9.17) is 9.72 Å². The number of halogens is 3. The van der Waals surface area contributed by atoms with E-state index < -0.39 is 11.7 Å². The number of benzene rings is 2.